The molecule has 0 aliphatic heterocycles. The van der Waals surface area contributed by atoms with E-state index >= 15 is 0 Å². The Morgan fingerprint density at radius 3 is 2.37 bits per heavy atom. The summed E-state index contributed by atoms with van der Waals surface area (Å²) in [7, 11) is 0. The van der Waals surface area contributed by atoms with E-state index < -0.39 is 0 Å². The minimum Gasteiger partial charge on any atom is -0.460 e. The Morgan fingerprint density at radius 2 is 1.89 bits per heavy atom. The lowest BCUT2D eigenvalue weighted by atomic mass is 10.1. The van der Waals surface area contributed by atoms with E-state index in [0.29, 0.717) is 6.61 Å². The van der Waals surface area contributed by atoms with Crippen molar-refractivity contribution in [2.24, 2.45) is 0 Å². The van der Waals surface area contributed by atoms with Crippen molar-refractivity contribution in [3.8, 4) is 0 Å². The molecule has 1 aromatic carbocycles. The maximum Gasteiger partial charge on any atom is 0.319 e. The SMILES string of the molecule is CSC(C)C(=O)OCc1ccc(NC(C)(C)C)cc1. The number of carbonyl (C=O) groups excluding carboxylic acids is 1. The van der Waals surface area contributed by atoms with E-state index in [9.17, 15) is 4.79 Å². The van der Waals surface area contributed by atoms with Crippen molar-refractivity contribution < 1.29 is 9.53 Å². The number of ether oxygens (including phenoxy) is 1. The van der Waals surface area contributed by atoms with Gasteiger partial charge in [-0.05, 0) is 51.6 Å². The summed E-state index contributed by atoms with van der Waals surface area (Å²) in [4.78, 5) is 11.5. The fourth-order valence-corrected chi connectivity index (χ4v) is 1.75. The summed E-state index contributed by atoms with van der Waals surface area (Å²) in [5.41, 5.74) is 2.11. The van der Waals surface area contributed by atoms with Crippen LogP contribution in [-0.2, 0) is 16.1 Å². The van der Waals surface area contributed by atoms with Gasteiger partial charge in [0.25, 0.3) is 0 Å². The summed E-state index contributed by atoms with van der Waals surface area (Å²) < 4.78 is 5.24. The summed E-state index contributed by atoms with van der Waals surface area (Å²) in [6, 6.07) is 7.97. The van der Waals surface area contributed by atoms with Gasteiger partial charge in [-0.2, -0.15) is 11.8 Å². The fourth-order valence-electron chi connectivity index (χ4n) is 1.49. The van der Waals surface area contributed by atoms with Crippen LogP contribution in [0.15, 0.2) is 24.3 Å². The van der Waals surface area contributed by atoms with Crippen LogP contribution in [0.4, 0.5) is 5.69 Å². The molecule has 106 valence electrons. The summed E-state index contributed by atoms with van der Waals surface area (Å²) in [6.07, 6.45) is 1.90. The Balaban J connectivity index is 2.51. The highest BCUT2D eigenvalue weighted by Gasteiger charge is 2.13. The van der Waals surface area contributed by atoms with Crippen molar-refractivity contribution in [1.82, 2.24) is 0 Å². The number of esters is 1. The van der Waals surface area contributed by atoms with Crippen LogP contribution in [0.3, 0.4) is 0 Å². The van der Waals surface area contributed by atoms with Crippen LogP contribution in [0.25, 0.3) is 0 Å². The van der Waals surface area contributed by atoms with Gasteiger partial charge in [0.05, 0.1) is 5.25 Å². The van der Waals surface area contributed by atoms with Gasteiger partial charge in [-0.1, -0.05) is 12.1 Å². The Bertz CT molecular complexity index is 409. The van der Waals surface area contributed by atoms with Gasteiger partial charge in [0.2, 0.25) is 0 Å². The molecule has 1 aromatic rings. The molecule has 1 unspecified atom stereocenters. The molecule has 1 rings (SSSR count). The molecule has 0 aliphatic rings. The molecular weight excluding hydrogens is 258 g/mol. The summed E-state index contributed by atoms with van der Waals surface area (Å²) in [6.45, 7) is 8.54. The zero-order chi connectivity index (χ0) is 14.5. The van der Waals surface area contributed by atoms with E-state index in [0.717, 1.165) is 11.3 Å². The number of anilines is 1. The molecule has 19 heavy (non-hydrogen) atoms. The quantitative estimate of drug-likeness (QED) is 0.835. The second-order valence-corrected chi connectivity index (χ2v) is 6.74. The van der Waals surface area contributed by atoms with E-state index in [4.69, 9.17) is 4.74 Å². The predicted octanol–water partition coefficient (Wildman–Crippen LogP) is 3.69. The van der Waals surface area contributed by atoms with Gasteiger partial charge < -0.3 is 10.1 Å². The molecule has 0 amide bonds. The third-order valence-electron chi connectivity index (χ3n) is 2.54. The van der Waals surface area contributed by atoms with Crippen molar-refractivity contribution in [3.63, 3.8) is 0 Å². The number of carbonyl (C=O) groups is 1. The normalized spacial score (nSPS) is 12.9. The van der Waals surface area contributed by atoms with E-state index in [2.05, 4.69) is 26.1 Å². The Labute approximate surface area is 120 Å². The van der Waals surface area contributed by atoms with Crippen molar-refractivity contribution in [2.45, 2.75) is 45.1 Å². The van der Waals surface area contributed by atoms with Gasteiger partial charge in [-0.25, -0.2) is 0 Å². The van der Waals surface area contributed by atoms with Crippen LogP contribution in [0, 0.1) is 0 Å². The van der Waals surface area contributed by atoms with Crippen LogP contribution in [0.2, 0.25) is 0 Å². The van der Waals surface area contributed by atoms with E-state index in [1.165, 1.54) is 11.8 Å². The lowest BCUT2D eigenvalue weighted by Gasteiger charge is -2.22. The average molecular weight is 281 g/mol. The third kappa shape index (κ3) is 6.01. The van der Waals surface area contributed by atoms with Crippen molar-refractivity contribution in [3.05, 3.63) is 29.8 Å². The smallest absolute Gasteiger partial charge is 0.319 e. The molecule has 0 radical (unpaired) electrons. The molecule has 3 nitrogen and oxygen atoms in total. The first-order valence-electron chi connectivity index (χ1n) is 6.38. The molecule has 0 spiro atoms. The molecule has 0 aliphatic carbocycles. The lowest BCUT2D eigenvalue weighted by molar-refractivity contribution is -0.143. The van der Waals surface area contributed by atoms with Crippen LogP contribution >= 0.6 is 11.8 Å². The monoisotopic (exact) mass is 281 g/mol. The number of benzene rings is 1. The largest absolute Gasteiger partial charge is 0.460 e. The topological polar surface area (TPSA) is 38.3 Å². The molecule has 4 heteroatoms. The highest BCUT2D eigenvalue weighted by Crippen LogP contribution is 2.16. The van der Waals surface area contributed by atoms with Crippen molar-refractivity contribution >= 4 is 23.4 Å². The zero-order valence-electron chi connectivity index (χ0n) is 12.3. The second kappa shape index (κ2) is 6.85. The Kier molecular flexibility index (Phi) is 5.73. The van der Waals surface area contributed by atoms with Crippen molar-refractivity contribution in [1.29, 1.82) is 0 Å². The van der Waals surface area contributed by atoms with Gasteiger partial charge >= 0.3 is 5.97 Å². The van der Waals surface area contributed by atoms with Gasteiger partial charge in [0, 0.05) is 11.2 Å². The predicted molar refractivity (Wildman–Crippen MR) is 82.6 cm³/mol. The first kappa shape index (κ1) is 15.9. The number of nitrogens with one attached hydrogen (secondary N) is 1. The third-order valence-corrected chi connectivity index (χ3v) is 3.44. The number of hydrogen-bond acceptors (Lipinski definition) is 4. The maximum atomic E-state index is 11.5. The summed E-state index contributed by atoms with van der Waals surface area (Å²) >= 11 is 1.49. The number of hydrogen-bond donors (Lipinski definition) is 1. The lowest BCUT2D eigenvalue weighted by Crippen LogP contribution is -2.25. The summed E-state index contributed by atoms with van der Waals surface area (Å²) in [5.74, 6) is -0.163. The van der Waals surface area contributed by atoms with Crippen LogP contribution < -0.4 is 5.32 Å². The minimum absolute atomic E-state index is 0.0434. The molecule has 0 saturated carbocycles. The van der Waals surface area contributed by atoms with E-state index in [-0.39, 0.29) is 16.8 Å². The molecule has 0 saturated heterocycles. The van der Waals surface area contributed by atoms with Gasteiger partial charge in [-0.3, -0.25) is 4.79 Å². The highest BCUT2D eigenvalue weighted by molar-refractivity contribution is 7.99. The van der Waals surface area contributed by atoms with Crippen LogP contribution in [0.1, 0.15) is 33.3 Å². The minimum atomic E-state index is -0.163. The van der Waals surface area contributed by atoms with E-state index in [1.54, 1.807) is 0 Å². The maximum absolute atomic E-state index is 11.5. The molecule has 0 heterocycles. The first-order valence-corrected chi connectivity index (χ1v) is 7.67. The highest BCUT2D eigenvalue weighted by atomic mass is 32.2. The molecule has 1 N–H and O–H groups in total. The zero-order valence-corrected chi connectivity index (χ0v) is 13.1. The molecule has 0 fully saturated rings. The molecule has 0 aromatic heterocycles. The van der Waals surface area contributed by atoms with E-state index in [1.807, 2.05) is 37.4 Å². The van der Waals surface area contributed by atoms with Crippen molar-refractivity contribution in [2.75, 3.05) is 11.6 Å². The first-order chi connectivity index (χ1) is 8.81. The second-order valence-electron chi connectivity index (χ2n) is 5.56. The number of rotatable bonds is 5. The van der Waals surface area contributed by atoms with Gasteiger partial charge in [-0.15, -0.1) is 0 Å². The molecular formula is C15H23NO2S. The van der Waals surface area contributed by atoms with Crippen LogP contribution in [-0.4, -0.2) is 23.0 Å². The summed E-state index contributed by atoms with van der Waals surface area (Å²) in [5, 5.41) is 3.28. The van der Waals surface area contributed by atoms with Gasteiger partial charge in [0.15, 0.2) is 0 Å². The Hall–Kier alpha value is -1.16. The Morgan fingerprint density at radius 1 is 1.32 bits per heavy atom. The van der Waals surface area contributed by atoms with Gasteiger partial charge in [0.1, 0.15) is 6.61 Å². The standard InChI is InChI=1S/C15H23NO2S/c1-11(19-5)14(17)18-10-12-6-8-13(9-7-12)16-15(2,3)4/h6-9,11,16H,10H2,1-5H3. The van der Waals surface area contributed by atoms with Crippen LogP contribution in [0.5, 0.6) is 0 Å². The number of thioether (sulfide) groups is 1. The molecule has 0 bridgehead atoms. The molecule has 1 atom stereocenters. The fraction of sp³-hybridized carbons (Fsp3) is 0.533. The average Bonchev–Trinajstić information content (AvgIpc) is 2.34.